The Kier molecular flexibility index (Phi) is 20.2. The van der Waals surface area contributed by atoms with Crippen molar-refractivity contribution in [3.8, 4) is 28.3 Å². The minimum Gasteiger partial charge on any atom is -0.505 e. The zero-order chi connectivity index (χ0) is 69.2. The van der Waals surface area contributed by atoms with Gasteiger partial charge in [0.2, 0.25) is 5.79 Å². The third-order valence-electron chi connectivity index (χ3n) is 19.6. The molecule has 2 unspecified atom stereocenters. The second-order valence-electron chi connectivity index (χ2n) is 35.6. The maximum atomic E-state index is 14.3. The molecule has 0 aliphatic heterocycles. The standard InChI is InChI=1S/C86H108Cl2N2O4.Hf/c1-52-37-54(40-61(87)38-52)69-46-60(85(23,24)51-79(6,7)8)48-75(90-72-33-29-57(82(15,16)17)43-65(72)66-44-58(83(18,19)20)30-34-73(66)90)86(69,92)94-36-26-25-35-93-77-53(2)39-62(88)49-68(77)67-45-59(84(21,22)50-78(3,4)5)47-74(76(67)91)89-70-31-27-55(80(9,10)11)41-63(70)64-42-56(81(12,13)14)28-32-71(64)89;/h27-34,37-49,75,91-92H,25-26,35-36,50-51H2,1-24H3;. The first kappa shape index (κ1) is 73.8. The summed E-state index contributed by atoms with van der Waals surface area (Å²) < 4.78 is 18.9. The number of phenols is 1. The molecule has 0 radical (unpaired) electrons. The number of benzene rings is 7. The average Bonchev–Trinajstić information content (AvgIpc) is 1.68. The Morgan fingerprint density at radius 1 is 0.484 bits per heavy atom. The molecule has 9 heteroatoms. The van der Waals surface area contributed by atoms with Crippen LogP contribution in [-0.2, 0) is 57.7 Å². The van der Waals surface area contributed by atoms with E-state index in [-0.39, 0.29) is 81.5 Å². The molecule has 504 valence electrons. The normalized spacial score (nSPS) is 16.5. The number of ether oxygens (including phenoxy) is 2. The van der Waals surface area contributed by atoms with E-state index in [1.54, 1.807) is 0 Å². The molecule has 2 heterocycles. The number of aryl methyl sites for hydroxylation is 2. The molecule has 6 nitrogen and oxygen atoms in total. The fourth-order valence-corrected chi connectivity index (χ4v) is 15.8. The van der Waals surface area contributed by atoms with Gasteiger partial charge in [0, 0.05) is 85.2 Å². The van der Waals surface area contributed by atoms with E-state index in [9.17, 15) is 10.2 Å². The van der Waals surface area contributed by atoms with E-state index in [1.807, 2.05) is 31.2 Å². The SMILES string of the molecule is Cc1cc(Cl)cc(C2=CC(C(C)(C)CC(C)(C)C)=CC(n3c4ccc(C(C)(C)C)cc4c4cc(C(C)(C)C)ccc43)C2(O)OCCCCOc2c(C)cc(Cl)cc2-c2cc(C(C)(C)CC(C)(C)C)cc(-n3c4ccc(C(C)(C)C)cc4c4cc(C(C)(C)C)ccc43)c2O)c1.[Hf]. The molecule has 10 rings (SSSR count). The van der Waals surface area contributed by atoms with Crippen LogP contribution in [0.2, 0.25) is 10.0 Å². The van der Waals surface area contributed by atoms with E-state index in [0.29, 0.717) is 52.1 Å². The van der Waals surface area contributed by atoms with Crippen LogP contribution in [0.4, 0.5) is 0 Å². The summed E-state index contributed by atoms with van der Waals surface area (Å²) in [4.78, 5) is 0. The second kappa shape index (κ2) is 26.0. The molecular weight excluding hydrogens is 1370 g/mol. The molecule has 95 heavy (non-hydrogen) atoms. The van der Waals surface area contributed by atoms with Gasteiger partial charge >= 0.3 is 0 Å². The van der Waals surface area contributed by atoms with Crippen LogP contribution >= 0.6 is 23.2 Å². The number of aromatic nitrogens is 2. The number of hydrogen-bond donors (Lipinski definition) is 2. The summed E-state index contributed by atoms with van der Waals surface area (Å²) >= 11 is 14.1. The molecular formula is C86H108Cl2HfN2O4. The molecule has 0 fully saturated rings. The number of hydrogen-bond acceptors (Lipinski definition) is 4. The number of halogens is 2. The Labute approximate surface area is 598 Å². The largest absolute Gasteiger partial charge is 0.505 e. The summed E-state index contributed by atoms with van der Waals surface area (Å²) in [7, 11) is 0. The van der Waals surface area contributed by atoms with Crippen molar-refractivity contribution in [2.24, 2.45) is 16.2 Å². The second-order valence-corrected chi connectivity index (χ2v) is 36.5. The molecule has 0 bridgehead atoms. The number of nitrogens with zero attached hydrogens (tertiary/aromatic N) is 2. The Bertz CT molecular complexity index is 4310. The molecule has 9 aromatic rings. The average molecular weight is 1480 g/mol. The van der Waals surface area contributed by atoms with Gasteiger partial charge in [-0.05, 0) is 224 Å². The van der Waals surface area contributed by atoms with Gasteiger partial charge in [-0.3, -0.25) is 0 Å². The Balaban J connectivity index is 0.0000106. The van der Waals surface area contributed by atoms with E-state index < -0.39 is 11.8 Å². The molecule has 2 N–H and O–H groups in total. The molecule has 0 amide bonds. The Hall–Kier alpha value is -5.41. The van der Waals surface area contributed by atoms with Gasteiger partial charge in [-0.25, -0.2) is 0 Å². The number of rotatable bonds is 15. The monoisotopic (exact) mass is 1480 g/mol. The van der Waals surface area contributed by atoms with Crippen LogP contribution in [-0.4, -0.2) is 38.3 Å². The molecule has 1 aliphatic carbocycles. The van der Waals surface area contributed by atoms with E-state index >= 15 is 0 Å². The number of unbranched alkanes of at least 4 members (excludes halogenated alkanes) is 1. The predicted molar refractivity (Wildman–Crippen MR) is 404 cm³/mol. The molecule has 1 aliphatic rings. The number of aliphatic hydroxyl groups is 1. The van der Waals surface area contributed by atoms with Crippen LogP contribution < -0.4 is 4.74 Å². The van der Waals surface area contributed by atoms with Crippen LogP contribution in [0, 0.1) is 30.1 Å². The van der Waals surface area contributed by atoms with Crippen LogP contribution in [0.25, 0.3) is 66.0 Å². The smallest absolute Gasteiger partial charge is 0.218 e. The van der Waals surface area contributed by atoms with Crippen molar-refractivity contribution in [1.82, 2.24) is 9.13 Å². The fraction of sp³-hybridized carbons (Fsp3) is 0.465. The summed E-state index contributed by atoms with van der Waals surface area (Å²) in [5.74, 6) is -1.07. The van der Waals surface area contributed by atoms with E-state index in [1.165, 1.54) is 22.3 Å². The van der Waals surface area contributed by atoms with Crippen molar-refractivity contribution in [3.63, 3.8) is 0 Å². The minimum atomic E-state index is -1.87. The van der Waals surface area contributed by atoms with Crippen molar-refractivity contribution in [2.45, 2.75) is 231 Å². The van der Waals surface area contributed by atoms with Gasteiger partial charge in [-0.2, -0.15) is 0 Å². The van der Waals surface area contributed by atoms with Crippen LogP contribution in [0.5, 0.6) is 11.5 Å². The molecule has 7 aromatic carbocycles. The number of phenolic OH excluding ortho intramolecular Hbond substituents is 1. The third kappa shape index (κ3) is 15.3. The molecule has 0 saturated heterocycles. The zero-order valence-corrected chi connectivity index (χ0v) is 66.9. The summed E-state index contributed by atoms with van der Waals surface area (Å²) in [6.07, 6.45) is 7.45. The van der Waals surface area contributed by atoms with Crippen molar-refractivity contribution < 1.29 is 45.5 Å². The van der Waals surface area contributed by atoms with Crippen molar-refractivity contribution in [1.29, 1.82) is 0 Å². The summed E-state index contributed by atoms with van der Waals surface area (Å²) in [6, 6.07) is 41.0. The van der Waals surface area contributed by atoms with Crippen molar-refractivity contribution >= 4 is 72.4 Å². The molecule has 0 spiro atoms. The molecule has 2 atom stereocenters. The summed E-state index contributed by atoms with van der Waals surface area (Å²) in [5.41, 5.74) is 15.8. The maximum absolute atomic E-state index is 14.3. The number of allylic oxidation sites excluding steroid dienone is 2. The Morgan fingerprint density at radius 2 is 0.926 bits per heavy atom. The third-order valence-corrected chi connectivity index (χ3v) is 20.0. The van der Waals surface area contributed by atoms with Gasteiger partial charge in [0.25, 0.3) is 0 Å². The number of aromatic hydroxyl groups is 1. The topological polar surface area (TPSA) is 68.8 Å². The van der Waals surface area contributed by atoms with Gasteiger partial charge in [0.05, 0.1) is 29.9 Å². The fourth-order valence-electron chi connectivity index (χ4n) is 15.2. The first-order valence-corrected chi connectivity index (χ1v) is 35.1. The summed E-state index contributed by atoms with van der Waals surface area (Å²) in [5, 5.41) is 33.3. The van der Waals surface area contributed by atoms with Gasteiger partial charge in [-0.1, -0.05) is 212 Å². The molecule has 2 aromatic heterocycles. The quantitative estimate of drug-likeness (QED) is 0.0610. The van der Waals surface area contributed by atoms with Gasteiger partial charge < -0.3 is 28.8 Å². The van der Waals surface area contributed by atoms with E-state index in [2.05, 4.69) is 272 Å². The van der Waals surface area contributed by atoms with Crippen LogP contribution in [0.3, 0.4) is 0 Å². The zero-order valence-electron chi connectivity index (χ0n) is 61.8. The van der Waals surface area contributed by atoms with Crippen LogP contribution in [0.1, 0.15) is 229 Å². The predicted octanol–water partition coefficient (Wildman–Crippen LogP) is 24.7. The molecule has 0 saturated carbocycles. The Morgan fingerprint density at radius 3 is 1.39 bits per heavy atom. The van der Waals surface area contributed by atoms with Gasteiger partial charge in [-0.15, -0.1) is 0 Å². The number of fused-ring (bicyclic) bond motifs is 6. The van der Waals surface area contributed by atoms with E-state index in [0.717, 1.165) is 89.8 Å². The van der Waals surface area contributed by atoms with Crippen molar-refractivity contribution in [2.75, 3.05) is 13.2 Å². The maximum Gasteiger partial charge on any atom is 0.218 e. The van der Waals surface area contributed by atoms with Gasteiger partial charge in [0.15, 0.2) is 0 Å². The summed E-state index contributed by atoms with van der Waals surface area (Å²) in [6.45, 7) is 54.9. The van der Waals surface area contributed by atoms with E-state index in [4.69, 9.17) is 32.7 Å². The van der Waals surface area contributed by atoms with Crippen molar-refractivity contribution in [3.05, 3.63) is 188 Å². The first-order valence-electron chi connectivity index (χ1n) is 34.3. The van der Waals surface area contributed by atoms with Crippen LogP contribution in [0.15, 0.2) is 133 Å². The minimum absolute atomic E-state index is 0. The first-order chi connectivity index (χ1) is 43.3. The van der Waals surface area contributed by atoms with Gasteiger partial charge in [0.1, 0.15) is 17.5 Å².